The zero-order chi connectivity index (χ0) is 19.2. The monoisotopic (exact) mass is 367 g/mol. The first kappa shape index (κ1) is 18.8. The largest absolute Gasteiger partial charge is 0.336 e. The number of nitrogens with zero attached hydrogens (tertiary/aromatic N) is 4. The van der Waals surface area contributed by atoms with Gasteiger partial charge in [0.15, 0.2) is 0 Å². The zero-order valence-electron chi connectivity index (χ0n) is 15.8. The van der Waals surface area contributed by atoms with Gasteiger partial charge in [-0.15, -0.1) is 0 Å². The molecule has 0 aromatic carbocycles. The number of rotatable bonds is 5. The average Bonchev–Trinajstić information content (AvgIpc) is 3.15. The van der Waals surface area contributed by atoms with Gasteiger partial charge in [-0.1, -0.05) is 6.07 Å². The van der Waals surface area contributed by atoms with Gasteiger partial charge < -0.3 is 15.1 Å². The van der Waals surface area contributed by atoms with Gasteiger partial charge in [0.05, 0.1) is 5.56 Å². The van der Waals surface area contributed by atoms with E-state index in [1.807, 2.05) is 31.2 Å². The summed E-state index contributed by atoms with van der Waals surface area (Å²) in [4.78, 5) is 36.8. The fraction of sp³-hybridized carbons (Fsp3) is 0.400. The van der Waals surface area contributed by atoms with Gasteiger partial charge in [-0.3, -0.25) is 14.8 Å². The number of likely N-dealkylation sites (tertiary alicyclic amines) is 1. The molecule has 142 valence electrons. The molecule has 0 bridgehead atoms. The summed E-state index contributed by atoms with van der Waals surface area (Å²) in [6.45, 7) is 3.63. The summed E-state index contributed by atoms with van der Waals surface area (Å²) in [6.07, 6.45) is 4.82. The van der Waals surface area contributed by atoms with E-state index in [9.17, 15) is 9.59 Å². The summed E-state index contributed by atoms with van der Waals surface area (Å²) in [5.74, 6) is -0.0391. The van der Waals surface area contributed by atoms with Crippen molar-refractivity contribution < 1.29 is 9.59 Å². The SMILES string of the molecule is Cc1ccc(C(=O)N2CCC(NC(=O)N(C)CCc3ccccn3)C2)cn1. The third kappa shape index (κ3) is 5.03. The Labute approximate surface area is 159 Å². The molecule has 1 unspecified atom stereocenters. The van der Waals surface area contributed by atoms with Crippen molar-refractivity contribution in [2.24, 2.45) is 0 Å². The van der Waals surface area contributed by atoms with Crippen molar-refractivity contribution in [1.82, 2.24) is 25.1 Å². The number of likely N-dealkylation sites (N-methyl/N-ethyl adjacent to an activating group) is 1. The molecule has 7 heteroatoms. The number of aromatic nitrogens is 2. The van der Waals surface area contributed by atoms with E-state index in [-0.39, 0.29) is 18.0 Å². The minimum atomic E-state index is -0.123. The first-order chi connectivity index (χ1) is 13.0. The Morgan fingerprint density at radius 2 is 2.11 bits per heavy atom. The van der Waals surface area contributed by atoms with Crippen molar-refractivity contribution >= 4 is 11.9 Å². The maximum Gasteiger partial charge on any atom is 0.317 e. The molecule has 3 amide bonds. The number of carbonyl (C=O) groups is 2. The summed E-state index contributed by atoms with van der Waals surface area (Å²) in [6, 6.07) is 9.24. The number of urea groups is 1. The highest BCUT2D eigenvalue weighted by atomic mass is 16.2. The molecule has 7 nitrogen and oxygen atoms in total. The molecule has 2 aromatic rings. The van der Waals surface area contributed by atoms with Crippen LogP contribution < -0.4 is 5.32 Å². The lowest BCUT2D eigenvalue weighted by Crippen LogP contribution is -2.45. The van der Waals surface area contributed by atoms with Crippen molar-refractivity contribution in [1.29, 1.82) is 0 Å². The van der Waals surface area contributed by atoms with Crippen molar-refractivity contribution in [3.8, 4) is 0 Å². The first-order valence-corrected chi connectivity index (χ1v) is 9.16. The Hall–Kier alpha value is -2.96. The fourth-order valence-corrected chi connectivity index (χ4v) is 3.05. The predicted octanol–water partition coefficient (Wildman–Crippen LogP) is 1.88. The summed E-state index contributed by atoms with van der Waals surface area (Å²) in [5.41, 5.74) is 2.42. The van der Waals surface area contributed by atoms with E-state index >= 15 is 0 Å². The normalized spacial score (nSPS) is 16.2. The number of hydrogen-bond donors (Lipinski definition) is 1. The van der Waals surface area contributed by atoms with Crippen LogP contribution >= 0.6 is 0 Å². The van der Waals surface area contributed by atoms with E-state index in [1.165, 1.54) is 0 Å². The highest BCUT2D eigenvalue weighted by Crippen LogP contribution is 2.14. The molecular formula is C20H25N5O2. The average molecular weight is 367 g/mol. The van der Waals surface area contributed by atoms with E-state index in [0.29, 0.717) is 31.6 Å². The Balaban J connectivity index is 1.46. The quantitative estimate of drug-likeness (QED) is 0.875. The number of amides is 3. The van der Waals surface area contributed by atoms with Gasteiger partial charge >= 0.3 is 6.03 Å². The maximum atomic E-state index is 12.5. The molecule has 0 aliphatic carbocycles. The minimum absolute atomic E-state index is 0.0304. The molecule has 1 saturated heterocycles. The van der Waals surface area contributed by atoms with E-state index in [0.717, 1.165) is 17.8 Å². The Bertz CT molecular complexity index is 779. The second kappa shape index (κ2) is 8.62. The number of hydrogen-bond acceptors (Lipinski definition) is 4. The van der Waals surface area contributed by atoms with E-state index in [4.69, 9.17) is 0 Å². The summed E-state index contributed by atoms with van der Waals surface area (Å²) in [5, 5.41) is 3.02. The molecule has 1 N–H and O–H groups in total. The van der Waals surface area contributed by atoms with Crippen LogP contribution in [0.3, 0.4) is 0 Å². The standard InChI is InChI=1S/C20H25N5O2/c1-15-6-7-16(13-22-15)19(26)25-12-9-18(14-25)23-20(27)24(2)11-8-17-5-3-4-10-21-17/h3-7,10,13,18H,8-9,11-12,14H2,1-2H3,(H,23,27). The molecule has 0 spiro atoms. The molecule has 1 aliphatic rings. The molecule has 0 radical (unpaired) electrons. The first-order valence-electron chi connectivity index (χ1n) is 9.16. The van der Waals surface area contributed by atoms with Gasteiger partial charge in [-0.2, -0.15) is 0 Å². The summed E-state index contributed by atoms with van der Waals surface area (Å²) in [7, 11) is 1.77. The minimum Gasteiger partial charge on any atom is -0.336 e. The van der Waals surface area contributed by atoms with Gasteiger partial charge in [0.25, 0.3) is 5.91 Å². The lowest BCUT2D eigenvalue weighted by molar-refractivity contribution is 0.0788. The Morgan fingerprint density at radius 1 is 1.26 bits per heavy atom. The molecule has 2 aromatic heterocycles. The van der Waals surface area contributed by atoms with Crippen LogP contribution in [0.15, 0.2) is 42.7 Å². The molecule has 1 fully saturated rings. The van der Waals surface area contributed by atoms with Crippen molar-refractivity contribution in [3.05, 3.63) is 59.7 Å². The summed E-state index contributed by atoms with van der Waals surface area (Å²) < 4.78 is 0. The topological polar surface area (TPSA) is 78.4 Å². The van der Waals surface area contributed by atoms with Crippen LogP contribution in [0.2, 0.25) is 0 Å². The number of carbonyl (C=O) groups excluding carboxylic acids is 2. The smallest absolute Gasteiger partial charge is 0.317 e. The van der Waals surface area contributed by atoms with Crippen molar-refractivity contribution in [3.63, 3.8) is 0 Å². The van der Waals surface area contributed by atoms with Crippen LogP contribution in [0.25, 0.3) is 0 Å². The number of pyridine rings is 2. The van der Waals surface area contributed by atoms with Crippen LogP contribution in [0.4, 0.5) is 4.79 Å². The van der Waals surface area contributed by atoms with Crippen molar-refractivity contribution in [2.45, 2.75) is 25.8 Å². The predicted molar refractivity (Wildman–Crippen MR) is 102 cm³/mol. The molecule has 3 heterocycles. The van der Waals surface area contributed by atoms with Crippen LogP contribution in [0, 0.1) is 6.92 Å². The van der Waals surface area contributed by atoms with Gasteiger partial charge in [-0.05, 0) is 37.6 Å². The molecule has 1 atom stereocenters. The molecule has 27 heavy (non-hydrogen) atoms. The van der Waals surface area contributed by atoms with Crippen LogP contribution in [0.1, 0.15) is 28.2 Å². The van der Waals surface area contributed by atoms with Gasteiger partial charge in [0, 0.05) is 62.9 Å². The van der Waals surface area contributed by atoms with E-state index in [2.05, 4.69) is 15.3 Å². The number of aryl methyl sites for hydroxylation is 1. The van der Waals surface area contributed by atoms with Gasteiger partial charge in [0.1, 0.15) is 0 Å². The van der Waals surface area contributed by atoms with Crippen LogP contribution in [0.5, 0.6) is 0 Å². The Morgan fingerprint density at radius 3 is 2.81 bits per heavy atom. The third-order valence-corrected chi connectivity index (χ3v) is 4.74. The van der Waals surface area contributed by atoms with Crippen molar-refractivity contribution in [2.75, 3.05) is 26.7 Å². The zero-order valence-corrected chi connectivity index (χ0v) is 15.8. The van der Waals surface area contributed by atoms with Crippen LogP contribution in [-0.4, -0.2) is 64.4 Å². The third-order valence-electron chi connectivity index (χ3n) is 4.74. The molecule has 1 aliphatic heterocycles. The van der Waals surface area contributed by atoms with Crippen LogP contribution in [-0.2, 0) is 6.42 Å². The number of nitrogens with one attached hydrogen (secondary N) is 1. The van der Waals surface area contributed by atoms with E-state index in [1.54, 1.807) is 35.3 Å². The highest BCUT2D eigenvalue weighted by Gasteiger charge is 2.28. The molecular weight excluding hydrogens is 342 g/mol. The fourth-order valence-electron chi connectivity index (χ4n) is 3.05. The van der Waals surface area contributed by atoms with E-state index < -0.39 is 0 Å². The Kier molecular flexibility index (Phi) is 6.01. The lowest BCUT2D eigenvalue weighted by atomic mass is 10.2. The second-order valence-corrected chi connectivity index (χ2v) is 6.87. The van der Waals surface area contributed by atoms with Gasteiger partial charge in [-0.25, -0.2) is 4.79 Å². The lowest BCUT2D eigenvalue weighted by Gasteiger charge is -2.21. The highest BCUT2D eigenvalue weighted by molar-refractivity contribution is 5.94. The summed E-state index contributed by atoms with van der Waals surface area (Å²) >= 11 is 0. The molecule has 0 saturated carbocycles. The van der Waals surface area contributed by atoms with Gasteiger partial charge in [0.2, 0.25) is 0 Å². The maximum absolute atomic E-state index is 12.5. The molecule has 3 rings (SSSR count). The second-order valence-electron chi connectivity index (χ2n) is 6.87.